The first-order valence-electron chi connectivity index (χ1n) is 22.3. The van der Waals surface area contributed by atoms with Crippen molar-refractivity contribution < 1.29 is 34.7 Å². The van der Waals surface area contributed by atoms with Gasteiger partial charge in [0.2, 0.25) is 5.88 Å². The van der Waals surface area contributed by atoms with E-state index < -0.39 is 6.85 Å². The maximum Gasteiger partial charge on any atom is 0.216 e. The third-order valence-electron chi connectivity index (χ3n) is 11.8. The normalized spacial score (nSPS) is 13.2. The Morgan fingerprint density at radius 3 is 1.56 bits per heavy atom. The number of anilines is 3. The first kappa shape index (κ1) is 35.9. The first-order valence-corrected chi connectivity index (χ1v) is 20.8. The number of para-hydroxylation sites is 6. The summed E-state index contributed by atoms with van der Waals surface area (Å²) in [5.41, 5.74) is 9.82. The molecular formula is C56H38N5O2Pt-3. The van der Waals surface area contributed by atoms with Gasteiger partial charge in [0.25, 0.3) is 0 Å². The van der Waals surface area contributed by atoms with Gasteiger partial charge in [-0.2, -0.15) is 18.8 Å². The molecule has 0 aliphatic carbocycles. The molecule has 4 heterocycles. The molecule has 0 atom stereocenters. The number of pyridine rings is 1. The van der Waals surface area contributed by atoms with Crippen LogP contribution < -0.4 is 19.3 Å². The minimum atomic E-state index is -2.57. The van der Waals surface area contributed by atoms with E-state index in [2.05, 4.69) is 104 Å². The summed E-state index contributed by atoms with van der Waals surface area (Å²) in [4.78, 5) is 8.98. The van der Waals surface area contributed by atoms with E-state index in [0.29, 0.717) is 28.4 Å². The summed E-state index contributed by atoms with van der Waals surface area (Å²) in [7, 11) is 2.01. The second-order valence-corrected chi connectivity index (χ2v) is 15.5. The molecule has 7 nitrogen and oxygen atoms in total. The van der Waals surface area contributed by atoms with Crippen LogP contribution in [0.15, 0.2) is 188 Å². The average Bonchev–Trinajstić information content (AvgIpc) is 3.98. The van der Waals surface area contributed by atoms with E-state index in [1.807, 2.05) is 98.6 Å². The summed E-state index contributed by atoms with van der Waals surface area (Å²) in [6, 6.07) is 66.8. The number of hydrogen-bond donors (Lipinski definition) is 0. The minimum Gasteiger partial charge on any atom is -0.509 e. The number of hydrogen-bond acceptors (Lipinski definition) is 5. The molecule has 0 fully saturated rings. The molecular weight excluding hydrogens is 970 g/mol. The van der Waals surface area contributed by atoms with Crippen LogP contribution in [0.2, 0.25) is 0 Å². The van der Waals surface area contributed by atoms with Gasteiger partial charge in [-0.1, -0.05) is 97.1 Å². The van der Waals surface area contributed by atoms with E-state index in [-0.39, 0.29) is 32.5 Å². The van der Waals surface area contributed by atoms with Crippen LogP contribution in [0.25, 0.3) is 66.1 Å². The fourth-order valence-electron chi connectivity index (χ4n) is 9.10. The van der Waals surface area contributed by atoms with Crippen molar-refractivity contribution in [1.29, 1.82) is 0 Å². The van der Waals surface area contributed by atoms with Crippen molar-refractivity contribution in [3.63, 3.8) is 0 Å². The number of ether oxygens (including phenoxy) is 2. The number of benzene rings is 8. The van der Waals surface area contributed by atoms with Gasteiger partial charge in [-0.05, 0) is 68.0 Å². The third-order valence-corrected chi connectivity index (χ3v) is 11.8. The Kier molecular flexibility index (Phi) is 8.95. The zero-order valence-corrected chi connectivity index (χ0v) is 36.6. The number of aromatic nitrogens is 3. The Balaban J connectivity index is 0.00000494. The molecule has 0 spiro atoms. The van der Waals surface area contributed by atoms with Crippen LogP contribution in [-0.2, 0) is 21.1 Å². The van der Waals surface area contributed by atoms with Gasteiger partial charge < -0.3 is 28.4 Å². The second kappa shape index (κ2) is 15.9. The summed E-state index contributed by atoms with van der Waals surface area (Å²) in [5, 5.41) is 4.37. The number of aryl methyl sites for hydroxylation is 1. The van der Waals surface area contributed by atoms with Crippen molar-refractivity contribution in [1.82, 2.24) is 14.1 Å². The second-order valence-electron chi connectivity index (χ2n) is 15.5. The molecule has 0 saturated heterocycles. The molecule has 3 aromatic heterocycles. The monoisotopic (exact) mass is 1010 g/mol. The number of nitrogens with zero attached hydrogens (tertiary/aromatic N) is 5. The summed E-state index contributed by atoms with van der Waals surface area (Å²) in [6.07, 6.45) is 1.63. The Morgan fingerprint density at radius 1 is 0.516 bits per heavy atom. The minimum absolute atomic E-state index is 0. The Morgan fingerprint density at radius 2 is 0.984 bits per heavy atom. The quantitative estimate of drug-likeness (QED) is 0.142. The predicted molar refractivity (Wildman–Crippen MR) is 255 cm³/mol. The molecule has 0 radical (unpaired) electrons. The van der Waals surface area contributed by atoms with Crippen molar-refractivity contribution >= 4 is 60.7 Å². The van der Waals surface area contributed by atoms with Gasteiger partial charge in [-0.25, -0.2) is 4.98 Å². The summed E-state index contributed by atoms with van der Waals surface area (Å²) in [5.74, 6) is 1.30. The molecule has 64 heavy (non-hydrogen) atoms. The van der Waals surface area contributed by atoms with Crippen molar-refractivity contribution in [2.45, 2.75) is 6.85 Å². The van der Waals surface area contributed by atoms with Gasteiger partial charge in [0, 0.05) is 98.7 Å². The maximum absolute atomic E-state index is 9.04. The van der Waals surface area contributed by atoms with E-state index in [1.165, 1.54) is 6.07 Å². The zero-order chi connectivity index (χ0) is 44.5. The Hall–Kier alpha value is -7.60. The van der Waals surface area contributed by atoms with Crippen molar-refractivity contribution in [2.24, 2.45) is 0 Å². The molecule has 1 aliphatic heterocycles. The number of rotatable bonds is 8. The van der Waals surface area contributed by atoms with Crippen LogP contribution in [-0.4, -0.2) is 21.2 Å². The van der Waals surface area contributed by atoms with Crippen LogP contribution in [0, 0.1) is 25.7 Å². The largest absolute Gasteiger partial charge is 0.509 e. The van der Waals surface area contributed by atoms with Gasteiger partial charge in [-0.3, -0.25) is 0 Å². The smallest absolute Gasteiger partial charge is 0.216 e. The van der Waals surface area contributed by atoms with Crippen molar-refractivity contribution in [2.75, 3.05) is 16.8 Å². The van der Waals surface area contributed by atoms with Gasteiger partial charge in [0.1, 0.15) is 0 Å². The van der Waals surface area contributed by atoms with Crippen LogP contribution >= 0.6 is 0 Å². The number of fused-ring (bicyclic) bond motifs is 7. The topological polar surface area (TPSA) is 47.7 Å². The molecule has 0 N–H and O–H groups in total. The molecule has 1 aliphatic rings. The van der Waals surface area contributed by atoms with Crippen LogP contribution in [0.4, 0.5) is 17.1 Å². The fraction of sp³-hybridized carbons (Fsp3) is 0.0357. The molecule has 11 aromatic rings. The molecule has 0 amide bonds. The van der Waals surface area contributed by atoms with E-state index in [4.69, 9.17) is 18.6 Å². The SMILES string of the molecule is [2H]C([2H])([2H])c1cc(Oc2[c-]c(Oc3[c-]c(N4[CH-]N(C)c5ccccc54)ccc3)ccc2)ncc1-c1c(-n2c3ccccc3c3ccccc32)cccc1-n1c2ccccc2c2ccccc21.[Pt]. The van der Waals surface area contributed by atoms with Gasteiger partial charge >= 0.3 is 0 Å². The molecule has 12 rings (SSSR count). The zero-order valence-electron chi connectivity index (χ0n) is 37.3. The summed E-state index contributed by atoms with van der Waals surface area (Å²) in [6.45, 7) is -0.555. The fourth-order valence-corrected chi connectivity index (χ4v) is 9.10. The van der Waals surface area contributed by atoms with E-state index in [9.17, 15) is 0 Å². The van der Waals surface area contributed by atoms with Crippen LogP contribution in [0.5, 0.6) is 23.1 Å². The third kappa shape index (κ3) is 6.51. The molecule has 8 aromatic carbocycles. The van der Waals surface area contributed by atoms with E-state index in [0.717, 1.165) is 72.0 Å². The van der Waals surface area contributed by atoms with Gasteiger partial charge in [0.15, 0.2) is 0 Å². The Bertz CT molecular complexity index is 3460. The van der Waals surface area contributed by atoms with Gasteiger partial charge in [-0.15, -0.1) is 36.0 Å². The molecule has 0 bridgehead atoms. The molecule has 0 unspecified atom stereocenters. The average molecular weight is 1010 g/mol. The van der Waals surface area contributed by atoms with Gasteiger partial charge in [0.05, 0.1) is 33.4 Å². The van der Waals surface area contributed by atoms with E-state index >= 15 is 0 Å². The summed E-state index contributed by atoms with van der Waals surface area (Å²) >= 11 is 0. The summed E-state index contributed by atoms with van der Waals surface area (Å²) < 4.78 is 44.2. The van der Waals surface area contributed by atoms with Crippen LogP contribution in [0.3, 0.4) is 0 Å². The standard InChI is InChI=1S/C56H38N5O2.Pt/c1-37-32-55(63-41-19-14-18-40(34-41)62-39-17-13-16-38(33-39)59-36-58(2)51-28-11-12-29-52(51)59)57-35-46(37)56-53(60-47-24-7-3-20-42(47)43-21-4-8-25-48(43)60)30-15-31-54(56)61-49-26-9-5-22-44(49)45-23-6-10-27-50(45)61;/h3-32,35-36H,1-2H3;/q-3;/i1D3;. The molecule has 0 saturated carbocycles. The first-order chi connectivity index (χ1) is 32.3. The van der Waals surface area contributed by atoms with Crippen molar-refractivity contribution in [3.8, 4) is 45.6 Å². The van der Waals surface area contributed by atoms with E-state index in [1.54, 1.807) is 24.4 Å². The Labute approximate surface area is 389 Å². The van der Waals surface area contributed by atoms with Crippen molar-refractivity contribution in [3.05, 3.63) is 213 Å². The van der Waals surface area contributed by atoms with Crippen LogP contribution in [0.1, 0.15) is 9.68 Å². The molecule has 312 valence electrons. The maximum atomic E-state index is 9.04. The predicted octanol–water partition coefficient (Wildman–Crippen LogP) is 14.1. The molecule has 8 heteroatoms.